The number of ketones is 1. The molecule has 0 radical (unpaired) electrons. The lowest BCUT2D eigenvalue weighted by molar-refractivity contribution is -0.187. The maximum atomic E-state index is 13.4. The highest BCUT2D eigenvalue weighted by molar-refractivity contribution is 5.88. The van der Waals surface area contributed by atoms with Gasteiger partial charge in [0.05, 0.1) is 25.6 Å². The summed E-state index contributed by atoms with van der Waals surface area (Å²) in [7, 11) is 1.22. The fraction of sp³-hybridized carbons (Fsp3) is 0.690. The van der Waals surface area contributed by atoms with E-state index >= 15 is 0 Å². The summed E-state index contributed by atoms with van der Waals surface area (Å²) in [5.74, 6) is -6.04. The van der Waals surface area contributed by atoms with Crippen molar-refractivity contribution in [1.82, 2.24) is 0 Å². The minimum Gasteiger partial charge on any atom is -0.467 e. The molecule has 1 heterocycles. The Bertz CT molecular complexity index is 1050. The average molecular weight is 549 g/mol. The third-order valence-electron chi connectivity index (χ3n) is 8.40. The Balaban J connectivity index is 2.18. The summed E-state index contributed by atoms with van der Waals surface area (Å²) in [6.45, 7) is 14.3. The van der Waals surface area contributed by atoms with Crippen molar-refractivity contribution >= 4 is 29.7 Å². The van der Waals surface area contributed by atoms with Crippen LogP contribution in [0.1, 0.15) is 60.8 Å². The van der Waals surface area contributed by atoms with Gasteiger partial charge in [0, 0.05) is 25.3 Å². The monoisotopic (exact) mass is 548 g/mol. The van der Waals surface area contributed by atoms with E-state index < -0.39 is 77.4 Å². The van der Waals surface area contributed by atoms with E-state index in [1.807, 2.05) is 13.8 Å². The van der Waals surface area contributed by atoms with Crippen molar-refractivity contribution in [2.45, 2.75) is 84.7 Å². The number of Topliss-reactive ketones (excluding diaryl/α,β-unsaturated/α-hetero) is 1. The predicted molar refractivity (Wildman–Crippen MR) is 138 cm³/mol. The van der Waals surface area contributed by atoms with Gasteiger partial charge in [0.15, 0.2) is 11.7 Å². The van der Waals surface area contributed by atoms with Crippen molar-refractivity contribution in [1.29, 1.82) is 0 Å². The first-order chi connectivity index (χ1) is 18.3. The quantitative estimate of drug-likeness (QED) is 0.132. The molecule has 3 aliphatic rings. The van der Waals surface area contributed by atoms with Gasteiger partial charge in [-0.2, -0.15) is 0 Å². The van der Waals surface area contributed by atoms with Crippen molar-refractivity contribution in [2.75, 3.05) is 13.7 Å². The summed E-state index contributed by atoms with van der Waals surface area (Å²) in [4.78, 5) is 64.5. The summed E-state index contributed by atoms with van der Waals surface area (Å²) in [5, 5.41) is 0. The van der Waals surface area contributed by atoms with Crippen molar-refractivity contribution in [3.05, 3.63) is 23.8 Å². The molecule has 2 saturated carbocycles. The summed E-state index contributed by atoms with van der Waals surface area (Å²) in [5.41, 5.74) is -0.361. The first kappa shape index (κ1) is 30.5. The van der Waals surface area contributed by atoms with Crippen LogP contribution in [-0.2, 0) is 47.7 Å². The summed E-state index contributed by atoms with van der Waals surface area (Å²) in [6, 6.07) is 0. The van der Waals surface area contributed by atoms with Gasteiger partial charge < -0.3 is 23.7 Å². The molecule has 1 aliphatic heterocycles. The van der Waals surface area contributed by atoms with Gasteiger partial charge in [0.2, 0.25) is 0 Å². The maximum Gasteiger partial charge on any atom is 0.341 e. The Hall–Kier alpha value is -3.01. The second-order valence-electron chi connectivity index (χ2n) is 10.9. The highest BCUT2D eigenvalue weighted by Crippen LogP contribution is 2.58. The second-order valence-corrected chi connectivity index (χ2v) is 10.9. The molecule has 10 heteroatoms. The van der Waals surface area contributed by atoms with E-state index in [4.69, 9.17) is 23.7 Å². The number of epoxide rings is 1. The fourth-order valence-corrected chi connectivity index (χ4v) is 5.98. The number of carbonyl (C=O) groups is 5. The van der Waals surface area contributed by atoms with Crippen LogP contribution in [0.25, 0.3) is 0 Å². The molecule has 3 fully saturated rings. The number of carbonyl (C=O) groups excluding carboxylic acids is 5. The van der Waals surface area contributed by atoms with Crippen LogP contribution in [-0.4, -0.2) is 67.3 Å². The topological polar surface area (TPSA) is 135 Å². The Morgan fingerprint density at radius 3 is 2.31 bits per heavy atom. The Morgan fingerprint density at radius 2 is 1.79 bits per heavy atom. The molecule has 1 saturated heterocycles. The Morgan fingerprint density at radius 1 is 1.15 bits per heavy atom. The fourth-order valence-electron chi connectivity index (χ4n) is 5.98. The number of esters is 4. The number of methoxy groups -OCH3 is 1. The molecular formula is C29H40O10. The predicted octanol–water partition coefficient (Wildman–Crippen LogP) is 3.11. The van der Waals surface area contributed by atoms with Crippen LogP contribution in [0.4, 0.5) is 0 Å². The third kappa shape index (κ3) is 5.95. The zero-order valence-corrected chi connectivity index (χ0v) is 23.8. The molecular weight excluding hydrogens is 508 g/mol. The second kappa shape index (κ2) is 12.0. The zero-order valence-electron chi connectivity index (χ0n) is 23.8. The molecule has 0 aromatic heterocycles. The van der Waals surface area contributed by atoms with E-state index in [1.165, 1.54) is 20.1 Å². The molecule has 0 N–H and O–H groups in total. The number of rotatable bonds is 10. The summed E-state index contributed by atoms with van der Waals surface area (Å²) in [6.07, 6.45) is -0.647. The number of allylic oxidation sites excluding steroid dienone is 1. The lowest BCUT2D eigenvalue weighted by Crippen LogP contribution is -2.59. The van der Waals surface area contributed by atoms with Gasteiger partial charge in [-0.15, -0.1) is 0 Å². The lowest BCUT2D eigenvalue weighted by Gasteiger charge is -2.48. The van der Waals surface area contributed by atoms with E-state index in [0.29, 0.717) is 18.4 Å². The molecule has 10 nitrogen and oxygen atoms in total. The maximum absolute atomic E-state index is 13.4. The van der Waals surface area contributed by atoms with E-state index in [9.17, 15) is 24.0 Å². The molecule has 2 aliphatic carbocycles. The van der Waals surface area contributed by atoms with E-state index in [1.54, 1.807) is 20.8 Å². The van der Waals surface area contributed by atoms with E-state index in [-0.39, 0.29) is 18.8 Å². The van der Waals surface area contributed by atoms with Gasteiger partial charge >= 0.3 is 23.9 Å². The largest absolute Gasteiger partial charge is 0.467 e. The first-order valence-electron chi connectivity index (χ1n) is 13.5. The van der Waals surface area contributed by atoms with Crippen LogP contribution in [0.15, 0.2) is 23.8 Å². The summed E-state index contributed by atoms with van der Waals surface area (Å²) >= 11 is 0. The molecule has 3 rings (SSSR count). The number of hydrogen-bond acceptors (Lipinski definition) is 10. The normalized spacial score (nSPS) is 33.5. The van der Waals surface area contributed by atoms with Gasteiger partial charge in [-0.05, 0) is 44.1 Å². The highest BCUT2D eigenvalue weighted by atomic mass is 16.6. The van der Waals surface area contributed by atoms with Crippen LogP contribution >= 0.6 is 0 Å². The molecule has 39 heavy (non-hydrogen) atoms. The minimum absolute atomic E-state index is 0.0349. The van der Waals surface area contributed by atoms with Crippen LogP contribution in [0.5, 0.6) is 0 Å². The SMILES string of the molecule is C=C1[C@H]2CC(=O)[C@@H]([C@H](C)OC(C)=O)[C@H]2[C@@H]([C@@]2(C(=O)OC)CO2)[C@@H](OC(=O)/C=C(\C)CC)[C@@H]1OC(=O)[C@H](C)CC. The van der Waals surface area contributed by atoms with Crippen LogP contribution in [0.2, 0.25) is 0 Å². The van der Waals surface area contributed by atoms with E-state index in [0.717, 1.165) is 5.57 Å². The average Bonchev–Trinajstić information content (AvgIpc) is 3.60. The van der Waals surface area contributed by atoms with Gasteiger partial charge in [-0.25, -0.2) is 9.59 Å². The molecule has 0 bridgehead atoms. The smallest absolute Gasteiger partial charge is 0.341 e. The highest BCUT2D eigenvalue weighted by Gasteiger charge is 2.72. The molecule has 0 amide bonds. The van der Waals surface area contributed by atoms with Crippen molar-refractivity contribution in [3.63, 3.8) is 0 Å². The standard InChI is InChI=1S/C29H40O10/c1-9-14(3)11-21(32)38-26-24(29(13-36-29)28(34)35-8)23-19(12-20(31)22(23)17(6)37-18(7)30)16(5)25(26)39-27(33)15(4)10-2/h11,15,17,19,22-26H,5,9-10,12-13H2,1-4,6-8H3/b14-11+/t15-,17+,19-,22-,23+,24-,25-,26-,29-/m1/s1. The van der Waals surface area contributed by atoms with Gasteiger partial charge in [-0.1, -0.05) is 32.9 Å². The Labute approximate surface area is 229 Å². The van der Waals surface area contributed by atoms with Crippen LogP contribution in [0.3, 0.4) is 0 Å². The Kier molecular flexibility index (Phi) is 9.41. The molecule has 0 aromatic rings. The molecule has 0 spiro atoms. The van der Waals surface area contributed by atoms with Crippen LogP contribution < -0.4 is 0 Å². The molecule has 9 atom stereocenters. The molecule has 0 unspecified atom stereocenters. The summed E-state index contributed by atoms with van der Waals surface area (Å²) < 4.78 is 28.2. The number of fused-ring (bicyclic) bond motifs is 1. The number of hydrogen-bond donors (Lipinski definition) is 0. The van der Waals surface area contributed by atoms with Crippen molar-refractivity contribution in [3.8, 4) is 0 Å². The molecule has 216 valence electrons. The van der Waals surface area contributed by atoms with Gasteiger partial charge in [-0.3, -0.25) is 14.4 Å². The third-order valence-corrected chi connectivity index (χ3v) is 8.40. The first-order valence-corrected chi connectivity index (χ1v) is 13.5. The van der Waals surface area contributed by atoms with E-state index in [2.05, 4.69) is 6.58 Å². The van der Waals surface area contributed by atoms with Gasteiger partial charge in [0.25, 0.3) is 0 Å². The van der Waals surface area contributed by atoms with Crippen molar-refractivity contribution < 1.29 is 47.7 Å². The van der Waals surface area contributed by atoms with Crippen molar-refractivity contribution in [2.24, 2.45) is 29.6 Å². The molecule has 0 aromatic carbocycles. The lowest BCUT2D eigenvalue weighted by atomic mass is 9.61. The number of ether oxygens (including phenoxy) is 5. The minimum atomic E-state index is -1.54. The van der Waals surface area contributed by atoms with Gasteiger partial charge in [0.1, 0.15) is 18.0 Å². The van der Waals surface area contributed by atoms with Crippen LogP contribution in [0, 0.1) is 29.6 Å². The zero-order chi connectivity index (χ0) is 29.2.